The van der Waals surface area contributed by atoms with E-state index in [1.165, 1.54) is 16.7 Å². The van der Waals surface area contributed by atoms with Crippen LogP contribution < -0.4 is 0 Å². The van der Waals surface area contributed by atoms with E-state index < -0.39 is 5.60 Å². The predicted octanol–water partition coefficient (Wildman–Crippen LogP) is 5.73. The van der Waals surface area contributed by atoms with Gasteiger partial charge in [0.1, 0.15) is 0 Å². The molecule has 0 bridgehead atoms. The minimum atomic E-state index is -0.707. The van der Waals surface area contributed by atoms with E-state index in [1.807, 2.05) is 6.08 Å². The molecule has 0 aliphatic heterocycles. The predicted molar refractivity (Wildman–Crippen MR) is 93.3 cm³/mol. The lowest BCUT2D eigenvalue weighted by Gasteiger charge is -2.29. The van der Waals surface area contributed by atoms with Crippen LogP contribution in [0.1, 0.15) is 66.7 Å². The van der Waals surface area contributed by atoms with Crippen LogP contribution in [0.4, 0.5) is 0 Å². The van der Waals surface area contributed by atoms with Gasteiger partial charge in [-0.15, -0.1) is 0 Å². The Morgan fingerprint density at radius 1 is 1.00 bits per heavy atom. The lowest BCUT2D eigenvalue weighted by atomic mass is 9.84. The maximum absolute atomic E-state index is 10.8. The normalized spacial score (nSPS) is 34.9. The molecule has 0 fully saturated rings. The van der Waals surface area contributed by atoms with E-state index >= 15 is 0 Å². The molecule has 0 saturated heterocycles. The van der Waals surface area contributed by atoms with E-state index in [9.17, 15) is 5.11 Å². The maximum Gasteiger partial charge on any atom is 0.0856 e. The zero-order valence-electron chi connectivity index (χ0n) is 14.4. The van der Waals surface area contributed by atoms with Gasteiger partial charge in [0.2, 0.25) is 0 Å². The minimum absolute atomic E-state index is 0.227. The van der Waals surface area contributed by atoms with Gasteiger partial charge in [-0.3, -0.25) is 0 Å². The fourth-order valence-electron chi connectivity index (χ4n) is 2.51. The number of hydrogen-bond donors (Lipinski definition) is 1. The standard InChI is InChI=1S/C20H32O/c1-16(2)20(21)14-7-10-18(4)12-11-17(3)8-6-9-19(5)13-15-20/h9-11,13,15-16,21H,6-8,12,14H2,1-5H3/b15-13+,17-11-,18-10-,19-9-. The van der Waals surface area contributed by atoms with Crippen molar-refractivity contribution in [2.45, 2.75) is 72.3 Å². The van der Waals surface area contributed by atoms with Crippen LogP contribution in [0.2, 0.25) is 0 Å². The minimum Gasteiger partial charge on any atom is -0.386 e. The SMILES string of the molecule is CC1=C/CC/C(C)=C\C/C(C)=C\CCC(O)(C(C)C)\C=C\1. The molecule has 0 aromatic heterocycles. The van der Waals surface area contributed by atoms with Crippen LogP contribution in [0.15, 0.2) is 47.1 Å². The highest BCUT2D eigenvalue weighted by atomic mass is 16.3. The highest BCUT2D eigenvalue weighted by molar-refractivity contribution is 5.21. The average molecular weight is 288 g/mol. The molecule has 1 nitrogen and oxygen atoms in total. The number of rotatable bonds is 1. The van der Waals surface area contributed by atoms with Gasteiger partial charge in [0.15, 0.2) is 0 Å². The van der Waals surface area contributed by atoms with Crippen LogP contribution >= 0.6 is 0 Å². The lowest BCUT2D eigenvalue weighted by molar-refractivity contribution is 0.0356. The first-order valence-corrected chi connectivity index (χ1v) is 8.23. The molecule has 0 aromatic carbocycles. The van der Waals surface area contributed by atoms with Crippen LogP contribution in [-0.4, -0.2) is 10.7 Å². The van der Waals surface area contributed by atoms with E-state index in [0.717, 1.165) is 32.1 Å². The van der Waals surface area contributed by atoms with Gasteiger partial charge in [0.25, 0.3) is 0 Å². The van der Waals surface area contributed by atoms with Crippen molar-refractivity contribution >= 4 is 0 Å². The molecule has 0 saturated carbocycles. The molecule has 118 valence electrons. The summed E-state index contributed by atoms with van der Waals surface area (Å²) in [6.07, 6.45) is 15.9. The van der Waals surface area contributed by atoms with Crippen LogP contribution in [0.25, 0.3) is 0 Å². The van der Waals surface area contributed by atoms with Gasteiger partial charge in [-0.25, -0.2) is 0 Å². The fourth-order valence-corrected chi connectivity index (χ4v) is 2.51. The lowest BCUT2D eigenvalue weighted by Crippen LogP contribution is -2.32. The van der Waals surface area contributed by atoms with Crippen LogP contribution in [-0.2, 0) is 0 Å². The van der Waals surface area contributed by atoms with E-state index in [-0.39, 0.29) is 5.92 Å². The molecule has 0 amide bonds. The Labute approximate surface area is 131 Å². The third-order valence-corrected chi connectivity index (χ3v) is 4.45. The van der Waals surface area contributed by atoms with Crippen molar-refractivity contribution in [3.63, 3.8) is 0 Å². The molecule has 0 spiro atoms. The molecule has 1 aliphatic carbocycles. The monoisotopic (exact) mass is 288 g/mol. The first-order chi connectivity index (χ1) is 9.83. The summed E-state index contributed by atoms with van der Waals surface area (Å²) in [4.78, 5) is 0. The summed E-state index contributed by atoms with van der Waals surface area (Å²) < 4.78 is 0. The number of allylic oxidation sites excluding steroid dienone is 7. The van der Waals surface area contributed by atoms with Crippen molar-refractivity contribution < 1.29 is 5.11 Å². The molecule has 0 aromatic rings. The Kier molecular flexibility index (Phi) is 7.17. The average Bonchev–Trinajstić information content (AvgIpc) is 2.42. The largest absolute Gasteiger partial charge is 0.386 e. The molecular weight excluding hydrogens is 256 g/mol. The number of aliphatic hydroxyl groups is 1. The third-order valence-electron chi connectivity index (χ3n) is 4.45. The molecule has 1 heteroatoms. The van der Waals surface area contributed by atoms with Crippen LogP contribution in [0, 0.1) is 5.92 Å². The van der Waals surface area contributed by atoms with E-state index in [1.54, 1.807) is 0 Å². The summed E-state index contributed by atoms with van der Waals surface area (Å²) in [6, 6.07) is 0. The molecule has 1 rings (SSSR count). The van der Waals surface area contributed by atoms with Gasteiger partial charge < -0.3 is 5.11 Å². The topological polar surface area (TPSA) is 20.2 Å². The van der Waals surface area contributed by atoms with Crippen LogP contribution in [0.5, 0.6) is 0 Å². The van der Waals surface area contributed by atoms with E-state index in [0.29, 0.717) is 0 Å². The summed E-state index contributed by atoms with van der Waals surface area (Å²) in [5.74, 6) is 0.227. The Morgan fingerprint density at radius 2 is 1.71 bits per heavy atom. The second-order valence-electron chi connectivity index (χ2n) is 6.81. The highest BCUT2D eigenvalue weighted by Gasteiger charge is 2.26. The first kappa shape index (κ1) is 18.0. The second-order valence-corrected chi connectivity index (χ2v) is 6.81. The Morgan fingerprint density at radius 3 is 2.38 bits per heavy atom. The summed E-state index contributed by atoms with van der Waals surface area (Å²) in [6.45, 7) is 10.7. The summed E-state index contributed by atoms with van der Waals surface area (Å²) in [5.41, 5.74) is 3.40. The third kappa shape index (κ3) is 6.48. The van der Waals surface area contributed by atoms with Crippen molar-refractivity contribution in [3.8, 4) is 0 Å². The molecule has 1 aliphatic rings. The molecule has 1 atom stereocenters. The van der Waals surface area contributed by atoms with Crippen molar-refractivity contribution in [1.82, 2.24) is 0 Å². The Balaban J connectivity index is 2.96. The first-order valence-electron chi connectivity index (χ1n) is 8.23. The van der Waals surface area contributed by atoms with Crippen molar-refractivity contribution in [2.75, 3.05) is 0 Å². The van der Waals surface area contributed by atoms with Gasteiger partial charge in [-0.05, 0) is 58.8 Å². The quantitative estimate of drug-likeness (QED) is 0.611. The molecular formula is C20H32O. The molecule has 21 heavy (non-hydrogen) atoms. The van der Waals surface area contributed by atoms with Gasteiger partial charge in [0.05, 0.1) is 5.60 Å². The maximum atomic E-state index is 10.8. The molecule has 0 radical (unpaired) electrons. The fraction of sp³-hybridized carbons (Fsp3) is 0.600. The smallest absolute Gasteiger partial charge is 0.0856 e. The van der Waals surface area contributed by atoms with Gasteiger partial charge >= 0.3 is 0 Å². The summed E-state index contributed by atoms with van der Waals surface area (Å²) in [5, 5.41) is 10.8. The summed E-state index contributed by atoms with van der Waals surface area (Å²) in [7, 11) is 0. The van der Waals surface area contributed by atoms with Crippen molar-refractivity contribution in [2.24, 2.45) is 5.92 Å². The van der Waals surface area contributed by atoms with Gasteiger partial charge in [-0.2, -0.15) is 0 Å². The van der Waals surface area contributed by atoms with Crippen LogP contribution in [0.3, 0.4) is 0 Å². The summed E-state index contributed by atoms with van der Waals surface area (Å²) >= 11 is 0. The molecule has 1 unspecified atom stereocenters. The highest BCUT2D eigenvalue weighted by Crippen LogP contribution is 2.26. The zero-order valence-corrected chi connectivity index (χ0v) is 14.4. The Hall–Kier alpha value is -1.08. The van der Waals surface area contributed by atoms with E-state index in [4.69, 9.17) is 0 Å². The van der Waals surface area contributed by atoms with Gasteiger partial charge in [0, 0.05) is 0 Å². The number of hydrogen-bond acceptors (Lipinski definition) is 1. The second kappa shape index (κ2) is 8.38. The van der Waals surface area contributed by atoms with Gasteiger partial charge in [-0.1, -0.05) is 60.9 Å². The van der Waals surface area contributed by atoms with Crippen molar-refractivity contribution in [1.29, 1.82) is 0 Å². The Bertz CT molecular complexity index is 448. The molecule has 1 N–H and O–H groups in total. The van der Waals surface area contributed by atoms with E-state index in [2.05, 4.69) is 58.9 Å². The zero-order chi connectivity index (χ0) is 15.9. The molecule has 0 heterocycles. The van der Waals surface area contributed by atoms with Crippen molar-refractivity contribution in [3.05, 3.63) is 47.1 Å².